The second-order valence-electron chi connectivity index (χ2n) is 5.58. The Morgan fingerprint density at radius 2 is 2.05 bits per heavy atom. The Morgan fingerprint density at radius 3 is 2.68 bits per heavy atom. The molecular formula is C16H21N5O. The molecule has 2 aromatic heterocycles. The Bertz CT molecular complexity index is 616. The second-order valence-corrected chi connectivity index (χ2v) is 5.58. The highest BCUT2D eigenvalue weighted by molar-refractivity contribution is 5.76. The molecule has 2 aromatic rings. The highest BCUT2D eigenvalue weighted by atomic mass is 16.2. The first-order valence-corrected chi connectivity index (χ1v) is 7.63. The molecule has 0 aliphatic carbocycles. The van der Waals surface area contributed by atoms with Crippen LogP contribution in [0.2, 0.25) is 0 Å². The number of carbonyl (C=O) groups excluding carboxylic acids is 1. The molecule has 0 radical (unpaired) electrons. The summed E-state index contributed by atoms with van der Waals surface area (Å²) in [6.07, 6.45) is 6.90. The summed E-state index contributed by atoms with van der Waals surface area (Å²) in [6.45, 7) is 3.22. The fourth-order valence-corrected chi connectivity index (χ4v) is 2.74. The van der Waals surface area contributed by atoms with Crippen LogP contribution >= 0.6 is 0 Å². The molecule has 0 spiro atoms. The highest BCUT2D eigenvalue weighted by Gasteiger charge is 2.21. The van der Waals surface area contributed by atoms with Crippen molar-refractivity contribution >= 4 is 11.7 Å². The largest absolute Gasteiger partial charge is 0.353 e. The molecule has 1 aliphatic heterocycles. The fraction of sp³-hybridized carbons (Fsp3) is 0.438. The third-order valence-corrected chi connectivity index (χ3v) is 3.99. The number of anilines is 1. The standard InChI is InChI=1S/C16H21N5O/c1-19-13-14(12-18-19)5-6-16(22)21-10-8-20(9-11-21)15-4-2-3-7-17-15/h2-4,7,12-13H,5-6,8-11H2,1H3. The van der Waals surface area contributed by atoms with E-state index in [0.717, 1.165) is 44.0 Å². The number of rotatable bonds is 4. The van der Waals surface area contributed by atoms with Crippen molar-refractivity contribution in [1.29, 1.82) is 0 Å². The summed E-state index contributed by atoms with van der Waals surface area (Å²) in [4.78, 5) is 20.8. The molecule has 3 heterocycles. The van der Waals surface area contributed by atoms with Gasteiger partial charge in [-0.3, -0.25) is 9.48 Å². The van der Waals surface area contributed by atoms with E-state index in [4.69, 9.17) is 0 Å². The molecule has 0 saturated carbocycles. The summed E-state index contributed by atoms with van der Waals surface area (Å²) in [5.74, 6) is 1.22. The van der Waals surface area contributed by atoms with Gasteiger partial charge in [-0.2, -0.15) is 5.10 Å². The number of hydrogen-bond donors (Lipinski definition) is 0. The van der Waals surface area contributed by atoms with E-state index in [0.29, 0.717) is 6.42 Å². The SMILES string of the molecule is Cn1cc(CCC(=O)N2CCN(c3ccccn3)CC2)cn1. The Hall–Kier alpha value is -2.37. The van der Waals surface area contributed by atoms with Crippen LogP contribution < -0.4 is 4.90 Å². The molecule has 1 aliphatic rings. The first-order valence-electron chi connectivity index (χ1n) is 7.63. The molecule has 6 nitrogen and oxygen atoms in total. The molecule has 3 rings (SSSR count). The van der Waals surface area contributed by atoms with Gasteiger partial charge >= 0.3 is 0 Å². The van der Waals surface area contributed by atoms with Gasteiger partial charge in [-0.1, -0.05) is 6.07 Å². The predicted octanol–water partition coefficient (Wildman–Crippen LogP) is 1.10. The van der Waals surface area contributed by atoms with Crippen LogP contribution in [0.25, 0.3) is 0 Å². The summed E-state index contributed by atoms with van der Waals surface area (Å²) in [7, 11) is 1.89. The van der Waals surface area contributed by atoms with E-state index in [1.54, 1.807) is 10.9 Å². The summed E-state index contributed by atoms with van der Waals surface area (Å²) in [5, 5.41) is 4.13. The summed E-state index contributed by atoms with van der Waals surface area (Å²) in [6, 6.07) is 5.93. The number of aromatic nitrogens is 3. The van der Waals surface area contributed by atoms with Crippen LogP contribution in [0, 0.1) is 0 Å². The lowest BCUT2D eigenvalue weighted by molar-refractivity contribution is -0.131. The van der Waals surface area contributed by atoms with Crippen LogP contribution in [0.4, 0.5) is 5.82 Å². The molecule has 1 fully saturated rings. The number of nitrogens with zero attached hydrogens (tertiary/aromatic N) is 5. The third kappa shape index (κ3) is 3.44. The lowest BCUT2D eigenvalue weighted by atomic mass is 10.1. The number of carbonyl (C=O) groups is 1. The van der Waals surface area contributed by atoms with E-state index in [2.05, 4.69) is 15.0 Å². The van der Waals surface area contributed by atoms with Gasteiger partial charge in [-0.15, -0.1) is 0 Å². The van der Waals surface area contributed by atoms with E-state index in [9.17, 15) is 4.79 Å². The molecule has 0 aromatic carbocycles. The van der Waals surface area contributed by atoms with Crippen molar-refractivity contribution in [2.24, 2.45) is 7.05 Å². The van der Waals surface area contributed by atoms with E-state index < -0.39 is 0 Å². The zero-order valence-electron chi connectivity index (χ0n) is 12.9. The van der Waals surface area contributed by atoms with Gasteiger partial charge in [-0.25, -0.2) is 4.98 Å². The van der Waals surface area contributed by atoms with Crippen molar-refractivity contribution in [2.75, 3.05) is 31.1 Å². The molecule has 22 heavy (non-hydrogen) atoms. The van der Waals surface area contributed by atoms with Gasteiger partial charge in [0.15, 0.2) is 0 Å². The van der Waals surface area contributed by atoms with Gasteiger partial charge in [0.1, 0.15) is 5.82 Å². The lowest BCUT2D eigenvalue weighted by Gasteiger charge is -2.35. The number of pyridine rings is 1. The molecule has 0 atom stereocenters. The first-order chi connectivity index (χ1) is 10.7. The van der Waals surface area contributed by atoms with Gasteiger partial charge in [0.25, 0.3) is 0 Å². The van der Waals surface area contributed by atoms with Crippen molar-refractivity contribution in [1.82, 2.24) is 19.7 Å². The summed E-state index contributed by atoms with van der Waals surface area (Å²) >= 11 is 0. The minimum atomic E-state index is 0.226. The summed E-state index contributed by atoms with van der Waals surface area (Å²) in [5.41, 5.74) is 1.11. The number of amides is 1. The minimum absolute atomic E-state index is 0.226. The van der Waals surface area contributed by atoms with Crippen molar-refractivity contribution < 1.29 is 4.79 Å². The van der Waals surface area contributed by atoms with Crippen molar-refractivity contribution in [3.8, 4) is 0 Å². The van der Waals surface area contributed by atoms with Crippen LogP contribution in [0.1, 0.15) is 12.0 Å². The Morgan fingerprint density at radius 1 is 1.23 bits per heavy atom. The average Bonchev–Trinajstić information content (AvgIpc) is 2.99. The molecule has 0 bridgehead atoms. The van der Waals surface area contributed by atoms with Crippen LogP contribution in [0.15, 0.2) is 36.8 Å². The highest BCUT2D eigenvalue weighted by Crippen LogP contribution is 2.13. The number of piperazine rings is 1. The van der Waals surface area contributed by atoms with E-state index in [1.807, 2.05) is 42.5 Å². The van der Waals surface area contributed by atoms with Gasteiger partial charge in [0.2, 0.25) is 5.91 Å². The molecule has 0 N–H and O–H groups in total. The third-order valence-electron chi connectivity index (χ3n) is 3.99. The van der Waals surface area contributed by atoms with Crippen molar-refractivity contribution in [3.63, 3.8) is 0 Å². The van der Waals surface area contributed by atoms with E-state index in [1.165, 1.54) is 0 Å². The van der Waals surface area contributed by atoms with Crippen LogP contribution in [0.3, 0.4) is 0 Å². The zero-order valence-corrected chi connectivity index (χ0v) is 12.9. The normalized spacial score (nSPS) is 15.1. The monoisotopic (exact) mass is 299 g/mol. The zero-order chi connectivity index (χ0) is 15.4. The van der Waals surface area contributed by atoms with Gasteiger partial charge < -0.3 is 9.80 Å². The summed E-state index contributed by atoms with van der Waals surface area (Å²) < 4.78 is 1.77. The average molecular weight is 299 g/mol. The molecule has 1 amide bonds. The number of hydrogen-bond acceptors (Lipinski definition) is 4. The maximum absolute atomic E-state index is 12.3. The van der Waals surface area contributed by atoms with Gasteiger partial charge in [0, 0.05) is 52.0 Å². The topological polar surface area (TPSA) is 54.3 Å². The maximum atomic E-state index is 12.3. The molecule has 6 heteroatoms. The molecule has 116 valence electrons. The Kier molecular flexibility index (Phi) is 4.37. The first kappa shape index (κ1) is 14.6. The Balaban J connectivity index is 1.47. The lowest BCUT2D eigenvalue weighted by Crippen LogP contribution is -2.49. The Labute approximate surface area is 130 Å². The molecule has 0 unspecified atom stereocenters. The minimum Gasteiger partial charge on any atom is -0.353 e. The van der Waals surface area contributed by atoms with Crippen LogP contribution in [-0.2, 0) is 18.3 Å². The predicted molar refractivity (Wildman–Crippen MR) is 84.6 cm³/mol. The second kappa shape index (κ2) is 6.60. The van der Waals surface area contributed by atoms with Crippen LogP contribution in [-0.4, -0.2) is 51.8 Å². The van der Waals surface area contributed by atoms with E-state index in [-0.39, 0.29) is 5.91 Å². The van der Waals surface area contributed by atoms with Gasteiger partial charge in [-0.05, 0) is 24.1 Å². The smallest absolute Gasteiger partial charge is 0.223 e. The maximum Gasteiger partial charge on any atom is 0.223 e. The van der Waals surface area contributed by atoms with E-state index >= 15 is 0 Å². The van der Waals surface area contributed by atoms with Gasteiger partial charge in [0.05, 0.1) is 6.20 Å². The quantitative estimate of drug-likeness (QED) is 0.848. The molecular weight excluding hydrogens is 278 g/mol. The van der Waals surface area contributed by atoms with Crippen molar-refractivity contribution in [2.45, 2.75) is 12.8 Å². The van der Waals surface area contributed by atoms with Crippen LogP contribution in [0.5, 0.6) is 0 Å². The van der Waals surface area contributed by atoms with Crippen molar-refractivity contribution in [3.05, 3.63) is 42.4 Å². The molecule has 1 saturated heterocycles. The fourth-order valence-electron chi connectivity index (χ4n) is 2.74. The number of aryl methyl sites for hydroxylation is 2.